The first kappa shape index (κ1) is 37.3. The lowest BCUT2D eigenvalue weighted by Crippen LogP contribution is -1.94. The van der Waals surface area contributed by atoms with E-state index < -0.39 is 0 Å². The van der Waals surface area contributed by atoms with Crippen molar-refractivity contribution in [3.05, 3.63) is 148 Å². The highest BCUT2D eigenvalue weighted by atomic mass is 15.0. The minimum atomic E-state index is 0.871. The molecule has 0 aliphatic carbocycles. The maximum absolute atomic E-state index is 5.68. The number of benzene rings is 5. The molecule has 1 heteroatoms. The molecule has 0 aliphatic heterocycles. The Morgan fingerprint density at radius 3 is 1.23 bits per heavy atom. The Labute approximate surface area is 318 Å². The summed E-state index contributed by atoms with van der Waals surface area (Å²) in [6, 6.07) is 38.9. The summed E-state index contributed by atoms with van der Waals surface area (Å²) in [5.74, 6) is 16.5. The molecule has 0 fully saturated rings. The van der Waals surface area contributed by atoms with Crippen LogP contribution in [-0.2, 0) is 12.8 Å². The molecule has 0 bridgehead atoms. The van der Waals surface area contributed by atoms with E-state index in [1.165, 1.54) is 88.2 Å². The summed E-state index contributed by atoms with van der Waals surface area (Å²) >= 11 is 0. The molecule has 0 radical (unpaired) electrons. The zero-order chi connectivity index (χ0) is 36.7. The maximum Gasteiger partial charge on any atom is 0.0541 e. The highest BCUT2D eigenvalue weighted by molar-refractivity contribution is 6.10. The Balaban J connectivity index is 1.23. The minimum absolute atomic E-state index is 0.871. The van der Waals surface area contributed by atoms with Crippen LogP contribution in [0.4, 0.5) is 0 Å². The van der Waals surface area contributed by atoms with Gasteiger partial charge in [-0.25, -0.2) is 0 Å². The summed E-state index contributed by atoms with van der Waals surface area (Å²) in [7, 11) is 0. The van der Waals surface area contributed by atoms with Crippen molar-refractivity contribution in [2.45, 2.75) is 104 Å². The van der Waals surface area contributed by atoms with Crippen molar-refractivity contribution in [3.8, 4) is 41.7 Å². The average Bonchev–Trinajstić information content (AvgIpc) is 3.52. The van der Waals surface area contributed by atoms with Crippen LogP contribution in [-0.4, -0.2) is 4.57 Å². The van der Waals surface area contributed by atoms with Gasteiger partial charge in [0.2, 0.25) is 0 Å². The van der Waals surface area contributed by atoms with E-state index in [-0.39, 0.29) is 0 Å². The molecule has 1 aromatic heterocycles. The molecular formula is C52H53N. The molecule has 0 amide bonds. The molecule has 6 rings (SSSR count). The van der Waals surface area contributed by atoms with Gasteiger partial charge in [0.15, 0.2) is 0 Å². The van der Waals surface area contributed by atoms with Crippen LogP contribution in [0.15, 0.2) is 109 Å². The number of unbranched alkanes of at least 4 members (excludes halogenated alkanes) is 10. The van der Waals surface area contributed by atoms with E-state index in [1.54, 1.807) is 0 Å². The van der Waals surface area contributed by atoms with Crippen molar-refractivity contribution in [2.75, 3.05) is 0 Å². The summed E-state index contributed by atoms with van der Waals surface area (Å²) in [5.41, 5.74) is 11.1. The lowest BCUT2D eigenvalue weighted by molar-refractivity contribution is 0.607. The Morgan fingerprint density at radius 2 is 0.792 bits per heavy atom. The molecule has 266 valence electrons. The van der Waals surface area contributed by atoms with Crippen LogP contribution in [0.3, 0.4) is 0 Å². The second-order valence-corrected chi connectivity index (χ2v) is 14.4. The van der Waals surface area contributed by atoms with Crippen molar-refractivity contribution in [1.82, 2.24) is 4.57 Å². The second-order valence-electron chi connectivity index (χ2n) is 14.4. The number of fused-ring (bicyclic) bond motifs is 3. The summed E-state index contributed by atoms with van der Waals surface area (Å²) in [4.78, 5) is 0. The predicted molar refractivity (Wildman–Crippen MR) is 228 cm³/mol. The normalized spacial score (nSPS) is 10.8. The van der Waals surface area contributed by atoms with Gasteiger partial charge in [-0.1, -0.05) is 132 Å². The Kier molecular flexibility index (Phi) is 13.7. The standard InChI is InChI=1S/C52H53N/c1-4-7-9-11-13-15-17-42-19-23-44(24-20-42)27-29-46-33-37-51-49(39-46)50-40-47(34-38-52(50)53(51)48-35-31-41(6-3)32-36-48)30-28-45-25-21-43(22-26-45)18-16-14-12-10-8-5-2/h3,19-26,31-40H,4-5,7-18H2,1-2H3. The lowest BCUT2D eigenvalue weighted by atomic mass is 10.0. The molecule has 1 heterocycles. The van der Waals surface area contributed by atoms with Crippen molar-refractivity contribution >= 4 is 21.8 Å². The number of hydrogen-bond donors (Lipinski definition) is 0. The first-order chi connectivity index (χ1) is 26.1. The van der Waals surface area contributed by atoms with Crippen molar-refractivity contribution in [3.63, 3.8) is 0 Å². The highest BCUT2D eigenvalue weighted by Crippen LogP contribution is 2.33. The summed E-state index contributed by atoms with van der Waals surface area (Å²) < 4.78 is 2.31. The first-order valence-corrected chi connectivity index (χ1v) is 20.0. The van der Waals surface area contributed by atoms with Gasteiger partial charge in [0.05, 0.1) is 11.0 Å². The fourth-order valence-corrected chi connectivity index (χ4v) is 7.18. The minimum Gasteiger partial charge on any atom is -0.309 e. The molecule has 0 atom stereocenters. The Bertz CT molecular complexity index is 2110. The second kappa shape index (κ2) is 19.4. The van der Waals surface area contributed by atoms with Gasteiger partial charge >= 0.3 is 0 Å². The fraction of sp³-hybridized carbons (Fsp3) is 0.308. The number of aromatic nitrogens is 1. The lowest BCUT2D eigenvalue weighted by Gasteiger charge is -2.08. The van der Waals surface area contributed by atoms with Crippen LogP contribution < -0.4 is 0 Å². The van der Waals surface area contributed by atoms with Crippen LogP contribution in [0, 0.1) is 36.0 Å². The largest absolute Gasteiger partial charge is 0.309 e. The first-order valence-electron chi connectivity index (χ1n) is 20.0. The number of aryl methyl sites for hydroxylation is 2. The highest BCUT2D eigenvalue weighted by Gasteiger charge is 2.13. The van der Waals surface area contributed by atoms with E-state index in [4.69, 9.17) is 6.42 Å². The van der Waals surface area contributed by atoms with Crippen LogP contribution >= 0.6 is 0 Å². The Hall–Kier alpha value is -5.42. The molecule has 1 nitrogen and oxygen atoms in total. The molecule has 0 aliphatic rings. The fourth-order valence-electron chi connectivity index (χ4n) is 7.18. The van der Waals surface area contributed by atoms with E-state index in [0.29, 0.717) is 0 Å². The number of hydrogen-bond acceptors (Lipinski definition) is 0. The third kappa shape index (κ3) is 10.3. The topological polar surface area (TPSA) is 4.93 Å². The molecule has 6 aromatic rings. The van der Waals surface area contributed by atoms with Crippen LogP contribution in [0.1, 0.15) is 130 Å². The van der Waals surface area contributed by atoms with Gasteiger partial charge in [0.1, 0.15) is 0 Å². The van der Waals surface area contributed by atoms with Crippen LogP contribution in [0.5, 0.6) is 0 Å². The van der Waals surface area contributed by atoms with Gasteiger partial charge in [0, 0.05) is 44.3 Å². The van der Waals surface area contributed by atoms with Crippen molar-refractivity contribution in [2.24, 2.45) is 0 Å². The van der Waals surface area contributed by atoms with Crippen molar-refractivity contribution in [1.29, 1.82) is 0 Å². The molecular weight excluding hydrogens is 639 g/mol. The molecule has 0 spiro atoms. The van der Waals surface area contributed by atoms with Gasteiger partial charge in [0.25, 0.3) is 0 Å². The zero-order valence-electron chi connectivity index (χ0n) is 31.8. The van der Waals surface area contributed by atoms with E-state index >= 15 is 0 Å². The summed E-state index contributed by atoms with van der Waals surface area (Å²) in [6.45, 7) is 4.54. The molecule has 5 aromatic carbocycles. The van der Waals surface area contributed by atoms with E-state index in [0.717, 1.165) is 68.2 Å². The van der Waals surface area contributed by atoms with Gasteiger partial charge in [-0.3, -0.25) is 0 Å². The SMILES string of the molecule is C#Cc1ccc(-n2c3ccc(C#Cc4ccc(CCCCCCCC)cc4)cc3c3cc(C#Cc4ccc(CCCCCCCC)cc4)ccc32)cc1. The van der Waals surface area contributed by atoms with Gasteiger partial charge in [-0.05, 0) is 122 Å². The van der Waals surface area contributed by atoms with Gasteiger partial charge in [-0.2, -0.15) is 0 Å². The molecule has 0 unspecified atom stereocenters. The van der Waals surface area contributed by atoms with Crippen molar-refractivity contribution < 1.29 is 0 Å². The van der Waals surface area contributed by atoms with E-state index in [1.807, 2.05) is 12.1 Å². The third-order valence-electron chi connectivity index (χ3n) is 10.3. The van der Waals surface area contributed by atoms with Crippen LogP contribution in [0.25, 0.3) is 27.5 Å². The third-order valence-corrected chi connectivity index (χ3v) is 10.3. The predicted octanol–water partition coefficient (Wildman–Crippen LogP) is 13.4. The average molecular weight is 692 g/mol. The number of rotatable bonds is 15. The number of terminal acetylenes is 1. The maximum atomic E-state index is 5.68. The molecule has 53 heavy (non-hydrogen) atoms. The Morgan fingerprint density at radius 1 is 0.415 bits per heavy atom. The van der Waals surface area contributed by atoms with Gasteiger partial charge < -0.3 is 4.57 Å². The van der Waals surface area contributed by atoms with E-state index in [9.17, 15) is 0 Å². The zero-order valence-corrected chi connectivity index (χ0v) is 31.8. The summed E-state index contributed by atoms with van der Waals surface area (Å²) in [5, 5.41) is 2.31. The molecule has 0 saturated carbocycles. The quantitative estimate of drug-likeness (QED) is 0.0746. The molecule has 0 N–H and O–H groups in total. The smallest absolute Gasteiger partial charge is 0.0541 e. The van der Waals surface area contributed by atoms with E-state index in [2.05, 4.69) is 145 Å². The summed E-state index contributed by atoms with van der Waals surface area (Å²) in [6.07, 6.45) is 23.8. The van der Waals surface area contributed by atoms with Gasteiger partial charge in [-0.15, -0.1) is 6.42 Å². The number of nitrogens with zero attached hydrogens (tertiary/aromatic N) is 1. The van der Waals surface area contributed by atoms with Crippen LogP contribution in [0.2, 0.25) is 0 Å². The molecule has 0 saturated heterocycles. The monoisotopic (exact) mass is 691 g/mol.